The van der Waals surface area contributed by atoms with Crippen molar-refractivity contribution >= 4 is 33.3 Å². The molecule has 2 heterocycles. The Kier molecular flexibility index (Phi) is 5.24. The van der Waals surface area contributed by atoms with Gasteiger partial charge in [0.05, 0.1) is 11.7 Å². The van der Waals surface area contributed by atoms with Gasteiger partial charge in [0.15, 0.2) is 0 Å². The van der Waals surface area contributed by atoms with Gasteiger partial charge in [0, 0.05) is 17.5 Å². The third-order valence-electron chi connectivity index (χ3n) is 8.15. The number of benzene rings is 5. The van der Waals surface area contributed by atoms with Crippen molar-refractivity contribution in [1.82, 2.24) is 10.3 Å². The molecule has 0 bridgehead atoms. The number of allylic oxidation sites excluding steroid dienone is 2. The maximum Gasteiger partial charge on any atom is 0.0946 e. The molecule has 1 atom stereocenters. The Morgan fingerprint density at radius 2 is 1.20 bits per heavy atom. The Bertz CT molecular complexity index is 1920. The monoisotopic (exact) mass is 510 g/mol. The summed E-state index contributed by atoms with van der Waals surface area (Å²) in [4.78, 5) is 4.78. The molecule has 1 aromatic heterocycles. The van der Waals surface area contributed by atoms with Crippen LogP contribution in [0.25, 0.3) is 55.6 Å². The fourth-order valence-corrected chi connectivity index (χ4v) is 6.29. The maximum absolute atomic E-state index is 4.78. The number of dihydropyridines is 1. The van der Waals surface area contributed by atoms with E-state index in [1.807, 2.05) is 12.3 Å². The van der Waals surface area contributed by atoms with Gasteiger partial charge in [0.25, 0.3) is 0 Å². The fraction of sp³-hybridized carbons (Fsp3) is 0.0263. The third kappa shape index (κ3) is 3.61. The van der Waals surface area contributed by atoms with E-state index in [4.69, 9.17) is 4.98 Å². The van der Waals surface area contributed by atoms with Gasteiger partial charge >= 0.3 is 0 Å². The number of hydrogen-bond donors (Lipinski definition) is 1. The molecule has 0 saturated carbocycles. The van der Waals surface area contributed by atoms with Crippen molar-refractivity contribution < 1.29 is 0 Å². The Balaban J connectivity index is 1.43. The van der Waals surface area contributed by atoms with Gasteiger partial charge in [0.2, 0.25) is 0 Å². The van der Waals surface area contributed by atoms with Gasteiger partial charge in [-0.2, -0.15) is 0 Å². The molecule has 1 aliphatic heterocycles. The summed E-state index contributed by atoms with van der Waals surface area (Å²) in [5, 5.41) is 8.88. The van der Waals surface area contributed by atoms with E-state index in [1.165, 1.54) is 60.5 Å². The van der Waals surface area contributed by atoms with Gasteiger partial charge in [-0.1, -0.05) is 121 Å². The first-order chi connectivity index (χ1) is 19.8. The van der Waals surface area contributed by atoms with Crippen LogP contribution in [0.15, 0.2) is 145 Å². The molecule has 40 heavy (non-hydrogen) atoms. The van der Waals surface area contributed by atoms with Crippen LogP contribution in [-0.4, -0.2) is 4.98 Å². The van der Waals surface area contributed by atoms with E-state index in [0.29, 0.717) is 0 Å². The Morgan fingerprint density at radius 1 is 0.550 bits per heavy atom. The van der Waals surface area contributed by atoms with Crippen molar-refractivity contribution in [3.63, 3.8) is 0 Å². The molecule has 0 spiro atoms. The second-order valence-electron chi connectivity index (χ2n) is 10.4. The van der Waals surface area contributed by atoms with E-state index in [2.05, 4.69) is 139 Å². The molecule has 5 aromatic carbocycles. The fourth-order valence-electron chi connectivity index (χ4n) is 6.29. The smallest absolute Gasteiger partial charge is 0.0946 e. The molecule has 2 aliphatic rings. The van der Waals surface area contributed by atoms with Crippen molar-refractivity contribution in [1.29, 1.82) is 0 Å². The minimum Gasteiger partial charge on any atom is -0.372 e. The predicted octanol–water partition coefficient (Wildman–Crippen LogP) is 9.36. The van der Waals surface area contributed by atoms with Crippen LogP contribution in [0.1, 0.15) is 22.9 Å². The second-order valence-corrected chi connectivity index (χ2v) is 10.4. The zero-order valence-corrected chi connectivity index (χ0v) is 21.9. The van der Waals surface area contributed by atoms with Crippen LogP contribution in [0.3, 0.4) is 0 Å². The molecule has 2 nitrogen and oxygen atoms in total. The van der Waals surface area contributed by atoms with Crippen LogP contribution in [-0.2, 0) is 0 Å². The number of aromatic nitrogens is 1. The minimum absolute atomic E-state index is 0.0149. The molecule has 0 radical (unpaired) electrons. The number of nitrogens with one attached hydrogen (secondary N) is 1. The summed E-state index contributed by atoms with van der Waals surface area (Å²) in [6.45, 7) is 0. The lowest BCUT2D eigenvalue weighted by Gasteiger charge is -2.30. The Hall–Kier alpha value is -5.21. The first-order valence-corrected chi connectivity index (χ1v) is 13.8. The lowest BCUT2D eigenvalue weighted by Crippen LogP contribution is -2.27. The van der Waals surface area contributed by atoms with Crippen LogP contribution in [0, 0.1) is 0 Å². The van der Waals surface area contributed by atoms with Gasteiger partial charge in [-0.25, -0.2) is 0 Å². The third-order valence-corrected chi connectivity index (χ3v) is 8.15. The van der Waals surface area contributed by atoms with Crippen molar-refractivity contribution in [2.45, 2.75) is 6.04 Å². The Morgan fingerprint density at radius 3 is 1.85 bits per heavy atom. The first kappa shape index (κ1) is 22.7. The average Bonchev–Trinajstić information content (AvgIpc) is 3.03. The van der Waals surface area contributed by atoms with Crippen LogP contribution in [0.2, 0.25) is 0 Å². The standard InChI is InChI=1S/C38H26N2/c1-3-10-25(11-4-1)29-15-7-17-31-33(29)24-34-30(26-12-5-2-6-13-26)16-8-18-32(34)36(31)35-22-21-28-20-19-27-14-9-23-39-37(27)38(28)40-35/h1-24,38,40H. The highest BCUT2D eigenvalue weighted by molar-refractivity contribution is 6.16. The van der Waals surface area contributed by atoms with E-state index in [1.54, 1.807) is 0 Å². The number of pyridine rings is 1. The highest BCUT2D eigenvalue weighted by Crippen LogP contribution is 2.43. The summed E-state index contributed by atoms with van der Waals surface area (Å²) in [7, 11) is 0. The van der Waals surface area contributed by atoms with Crippen molar-refractivity contribution in [2.24, 2.45) is 0 Å². The highest BCUT2D eigenvalue weighted by Gasteiger charge is 2.27. The Labute approximate surface area is 233 Å². The van der Waals surface area contributed by atoms with Gasteiger partial charge in [-0.3, -0.25) is 4.98 Å². The van der Waals surface area contributed by atoms with Crippen molar-refractivity contribution in [3.8, 4) is 22.3 Å². The summed E-state index contributed by atoms with van der Waals surface area (Å²) >= 11 is 0. The van der Waals surface area contributed by atoms with Crippen molar-refractivity contribution in [3.05, 3.63) is 162 Å². The lowest BCUT2D eigenvalue weighted by atomic mass is 9.85. The van der Waals surface area contributed by atoms with Gasteiger partial charge in [-0.05, 0) is 73.1 Å². The van der Waals surface area contributed by atoms with Gasteiger partial charge in [-0.15, -0.1) is 0 Å². The maximum atomic E-state index is 4.78. The summed E-state index contributed by atoms with van der Waals surface area (Å²) in [5.74, 6) is 0. The summed E-state index contributed by atoms with van der Waals surface area (Å²) in [6.07, 6.45) is 10.7. The van der Waals surface area contributed by atoms with Crippen molar-refractivity contribution in [2.75, 3.05) is 0 Å². The first-order valence-electron chi connectivity index (χ1n) is 13.8. The number of fused-ring (bicyclic) bond motifs is 5. The van der Waals surface area contributed by atoms with E-state index >= 15 is 0 Å². The molecule has 1 unspecified atom stereocenters. The van der Waals surface area contributed by atoms with Crippen LogP contribution in [0.5, 0.6) is 0 Å². The van der Waals surface area contributed by atoms with E-state index in [0.717, 1.165) is 11.4 Å². The normalized spacial score (nSPS) is 15.7. The van der Waals surface area contributed by atoms with Crippen LogP contribution >= 0.6 is 0 Å². The molecule has 0 fully saturated rings. The molecule has 2 heteroatoms. The highest BCUT2D eigenvalue weighted by atomic mass is 15.0. The molecule has 188 valence electrons. The molecule has 6 aromatic rings. The summed E-state index contributed by atoms with van der Waals surface area (Å²) in [6, 6.07) is 41.4. The summed E-state index contributed by atoms with van der Waals surface area (Å²) < 4.78 is 0. The lowest BCUT2D eigenvalue weighted by molar-refractivity contribution is 0.705. The predicted molar refractivity (Wildman–Crippen MR) is 168 cm³/mol. The molecular weight excluding hydrogens is 484 g/mol. The average molecular weight is 511 g/mol. The molecule has 1 N–H and O–H groups in total. The topological polar surface area (TPSA) is 24.9 Å². The second kappa shape index (κ2) is 9.21. The van der Waals surface area contributed by atoms with Crippen LogP contribution < -0.4 is 5.32 Å². The SMILES string of the molecule is C1=Cc2cccnc2C2NC(c3c4cccc(-c5ccccc5)c4cc4c(-c5ccccc5)cccc34)=CC=C12. The van der Waals surface area contributed by atoms with Gasteiger partial charge < -0.3 is 5.32 Å². The number of nitrogens with zero attached hydrogens (tertiary/aromatic N) is 1. The van der Waals surface area contributed by atoms with E-state index in [-0.39, 0.29) is 6.04 Å². The molecular formula is C38H26N2. The molecule has 1 aliphatic carbocycles. The zero-order valence-electron chi connectivity index (χ0n) is 21.9. The molecule has 0 amide bonds. The summed E-state index contributed by atoms with van der Waals surface area (Å²) in [5.41, 5.74) is 10.7. The molecule has 0 saturated heterocycles. The van der Waals surface area contributed by atoms with Gasteiger partial charge in [0.1, 0.15) is 0 Å². The van der Waals surface area contributed by atoms with E-state index < -0.39 is 0 Å². The quantitative estimate of drug-likeness (QED) is 0.240. The van der Waals surface area contributed by atoms with E-state index in [9.17, 15) is 0 Å². The van der Waals surface area contributed by atoms with Crippen LogP contribution in [0.4, 0.5) is 0 Å². The zero-order chi connectivity index (χ0) is 26.5. The molecule has 8 rings (SSSR count). The minimum atomic E-state index is 0.0149. The number of hydrogen-bond acceptors (Lipinski definition) is 2. The number of rotatable bonds is 3. The largest absolute Gasteiger partial charge is 0.372 e.